The molecular weight excluding hydrogens is 420 g/mol. The quantitative estimate of drug-likeness (QED) is 0.669. The van der Waals surface area contributed by atoms with Gasteiger partial charge in [0.05, 0.1) is 14.2 Å². The molecular formula is C24H23ClO6. The van der Waals surface area contributed by atoms with Gasteiger partial charge in [0.25, 0.3) is 0 Å². The van der Waals surface area contributed by atoms with E-state index in [4.69, 9.17) is 30.5 Å². The SMILES string of the molecule is COc1cc(OC)c2c(c1Cl)O[C@]1(C2=O)C(OCc2ccc(C)cc2)=CC(=O)C[C@H]1C. The van der Waals surface area contributed by atoms with E-state index in [1.54, 1.807) is 13.0 Å². The Hall–Kier alpha value is -2.99. The maximum absolute atomic E-state index is 13.8. The number of ether oxygens (including phenoxy) is 4. The van der Waals surface area contributed by atoms with Crippen LogP contribution in [0.5, 0.6) is 17.2 Å². The standard InChI is InChI=1S/C24H23ClO6/c1-13-5-7-15(8-6-13)12-30-19-10-16(26)9-14(2)24(19)23(27)20-17(28-3)11-18(29-4)21(25)22(20)31-24/h5-8,10-11,14H,9,12H2,1-4H3/t14-,24+/m1/s1. The average Bonchev–Trinajstić information content (AvgIpc) is 3.06. The fourth-order valence-electron chi connectivity index (χ4n) is 4.08. The molecule has 0 aromatic heterocycles. The van der Waals surface area contributed by atoms with Crippen LogP contribution in [0.25, 0.3) is 0 Å². The molecule has 0 radical (unpaired) electrons. The summed E-state index contributed by atoms with van der Waals surface area (Å²) in [6.45, 7) is 3.98. The number of carbonyl (C=O) groups is 2. The molecule has 6 nitrogen and oxygen atoms in total. The summed E-state index contributed by atoms with van der Waals surface area (Å²) in [7, 11) is 2.93. The summed E-state index contributed by atoms with van der Waals surface area (Å²) in [5.41, 5.74) is 0.762. The Morgan fingerprint density at radius 2 is 1.81 bits per heavy atom. The van der Waals surface area contributed by atoms with Gasteiger partial charge in [-0.05, 0) is 12.5 Å². The Morgan fingerprint density at radius 3 is 2.45 bits per heavy atom. The van der Waals surface area contributed by atoms with Crippen molar-refractivity contribution < 1.29 is 28.5 Å². The summed E-state index contributed by atoms with van der Waals surface area (Å²) < 4.78 is 23.0. The minimum atomic E-state index is -1.50. The molecule has 1 aliphatic carbocycles. The van der Waals surface area contributed by atoms with Crippen LogP contribution >= 0.6 is 11.6 Å². The van der Waals surface area contributed by atoms with Crippen molar-refractivity contribution in [2.45, 2.75) is 32.5 Å². The van der Waals surface area contributed by atoms with E-state index < -0.39 is 11.5 Å². The minimum Gasteiger partial charge on any atom is -0.496 e. The third kappa shape index (κ3) is 3.35. The van der Waals surface area contributed by atoms with E-state index in [1.807, 2.05) is 31.2 Å². The smallest absolute Gasteiger partial charge is 0.231 e. The van der Waals surface area contributed by atoms with Gasteiger partial charge in [-0.15, -0.1) is 0 Å². The van der Waals surface area contributed by atoms with Crippen LogP contribution in [0, 0.1) is 12.8 Å². The van der Waals surface area contributed by atoms with Crippen molar-refractivity contribution in [3.63, 3.8) is 0 Å². The fraction of sp³-hybridized carbons (Fsp3) is 0.333. The highest BCUT2D eigenvalue weighted by Crippen LogP contribution is 2.54. The molecule has 1 spiro atoms. The second-order valence-electron chi connectivity index (χ2n) is 7.82. The van der Waals surface area contributed by atoms with Crippen LogP contribution in [0.1, 0.15) is 34.8 Å². The van der Waals surface area contributed by atoms with Gasteiger partial charge >= 0.3 is 0 Å². The van der Waals surface area contributed by atoms with E-state index >= 15 is 0 Å². The maximum Gasteiger partial charge on any atom is 0.231 e. The number of ketones is 2. The molecule has 0 unspecified atom stereocenters. The van der Waals surface area contributed by atoms with Crippen molar-refractivity contribution >= 4 is 23.2 Å². The van der Waals surface area contributed by atoms with Gasteiger partial charge < -0.3 is 18.9 Å². The Kier molecular flexibility index (Phi) is 5.43. The van der Waals surface area contributed by atoms with E-state index in [9.17, 15) is 9.59 Å². The van der Waals surface area contributed by atoms with Crippen LogP contribution in [0.2, 0.25) is 5.02 Å². The lowest BCUT2D eigenvalue weighted by molar-refractivity contribution is -0.118. The molecule has 2 atom stereocenters. The molecule has 1 heterocycles. The number of hydrogen-bond donors (Lipinski definition) is 0. The lowest BCUT2D eigenvalue weighted by Gasteiger charge is -2.37. The first kappa shape index (κ1) is 21.2. The maximum atomic E-state index is 13.8. The van der Waals surface area contributed by atoms with Crippen LogP contribution in [0.15, 0.2) is 42.2 Å². The van der Waals surface area contributed by atoms with E-state index in [2.05, 4.69) is 0 Å². The third-order valence-electron chi connectivity index (χ3n) is 5.79. The molecule has 4 rings (SSSR count). The van der Waals surface area contributed by atoms with Gasteiger partial charge in [0, 0.05) is 24.5 Å². The first-order valence-corrected chi connectivity index (χ1v) is 10.3. The van der Waals surface area contributed by atoms with Gasteiger partial charge in [-0.1, -0.05) is 48.4 Å². The van der Waals surface area contributed by atoms with Crippen LogP contribution < -0.4 is 14.2 Å². The van der Waals surface area contributed by atoms with E-state index in [0.717, 1.165) is 11.1 Å². The lowest BCUT2D eigenvalue weighted by atomic mass is 9.75. The van der Waals surface area contributed by atoms with Crippen molar-refractivity contribution in [2.75, 3.05) is 14.2 Å². The summed E-state index contributed by atoms with van der Waals surface area (Å²) in [6.07, 6.45) is 1.50. The molecule has 0 N–H and O–H groups in total. The zero-order valence-corrected chi connectivity index (χ0v) is 18.5. The number of halogens is 1. The summed E-state index contributed by atoms with van der Waals surface area (Å²) in [5.74, 6) is 0.0284. The number of allylic oxidation sites excluding steroid dienone is 1. The average molecular weight is 443 g/mol. The summed E-state index contributed by atoms with van der Waals surface area (Å²) in [5, 5.41) is 0.172. The van der Waals surface area contributed by atoms with Gasteiger partial charge in [-0.3, -0.25) is 9.59 Å². The largest absolute Gasteiger partial charge is 0.496 e. The zero-order chi connectivity index (χ0) is 22.3. The lowest BCUT2D eigenvalue weighted by Crippen LogP contribution is -2.51. The second-order valence-corrected chi connectivity index (χ2v) is 8.20. The monoisotopic (exact) mass is 442 g/mol. The van der Waals surface area contributed by atoms with Crippen molar-refractivity contribution in [3.8, 4) is 17.2 Å². The number of methoxy groups -OCH3 is 2. The zero-order valence-electron chi connectivity index (χ0n) is 17.8. The minimum absolute atomic E-state index is 0.125. The molecule has 0 fully saturated rings. The molecule has 2 aromatic carbocycles. The molecule has 0 bridgehead atoms. The van der Waals surface area contributed by atoms with Gasteiger partial charge in [-0.2, -0.15) is 0 Å². The number of hydrogen-bond acceptors (Lipinski definition) is 6. The topological polar surface area (TPSA) is 71.1 Å². The number of Topliss-reactive ketones (excluding diaryl/α,β-unsaturated/α-hetero) is 1. The predicted octanol–water partition coefficient (Wildman–Crippen LogP) is 4.69. The van der Waals surface area contributed by atoms with Crippen molar-refractivity contribution in [2.24, 2.45) is 5.92 Å². The Labute approximate surface area is 185 Å². The number of benzene rings is 2. The van der Waals surface area contributed by atoms with Crippen LogP contribution in [0.4, 0.5) is 0 Å². The molecule has 7 heteroatoms. The first-order valence-electron chi connectivity index (χ1n) is 9.93. The van der Waals surface area contributed by atoms with Crippen molar-refractivity contribution in [1.29, 1.82) is 0 Å². The molecule has 0 saturated heterocycles. The van der Waals surface area contributed by atoms with Gasteiger partial charge in [0.2, 0.25) is 11.4 Å². The highest BCUT2D eigenvalue weighted by atomic mass is 35.5. The molecule has 2 aliphatic rings. The van der Waals surface area contributed by atoms with Crippen molar-refractivity contribution in [3.05, 3.63) is 63.9 Å². The van der Waals surface area contributed by atoms with Crippen LogP contribution in [-0.4, -0.2) is 31.4 Å². The van der Waals surface area contributed by atoms with Crippen molar-refractivity contribution in [1.82, 2.24) is 0 Å². The fourth-order valence-corrected chi connectivity index (χ4v) is 4.35. The highest BCUT2D eigenvalue weighted by Gasteiger charge is 2.60. The number of fused-ring (bicyclic) bond motifs is 1. The van der Waals surface area contributed by atoms with E-state index in [-0.39, 0.29) is 46.7 Å². The second kappa shape index (κ2) is 7.93. The van der Waals surface area contributed by atoms with Gasteiger partial charge in [0.15, 0.2) is 17.3 Å². The number of aryl methyl sites for hydroxylation is 1. The van der Waals surface area contributed by atoms with Gasteiger partial charge in [-0.25, -0.2) is 0 Å². The Morgan fingerprint density at radius 1 is 1.13 bits per heavy atom. The first-order chi connectivity index (χ1) is 14.8. The van der Waals surface area contributed by atoms with E-state index in [1.165, 1.54) is 20.3 Å². The molecule has 0 amide bonds. The van der Waals surface area contributed by atoms with Crippen LogP contribution in [0.3, 0.4) is 0 Å². The van der Waals surface area contributed by atoms with Gasteiger partial charge in [0.1, 0.15) is 28.7 Å². The summed E-state index contributed by atoms with van der Waals surface area (Å²) >= 11 is 6.48. The number of rotatable bonds is 5. The molecule has 162 valence electrons. The molecule has 1 aliphatic heterocycles. The summed E-state index contributed by atoms with van der Waals surface area (Å²) in [6, 6.07) is 9.38. The third-order valence-corrected chi connectivity index (χ3v) is 6.15. The highest BCUT2D eigenvalue weighted by molar-refractivity contribution is 6.35. The predicted molar refractivity (Wildman–Crippen MR) is 115 cm³/mol. The van der Waals surface area contributed by atoms with Crippen LogP contribution in [-0.2, 0) is 16.1 Å². The Bertz CT molecular complexity index is 1090. The summed E-state index contributed by atoms with van der Waals surface area (Å²) in [4.78, 5) is 26.1. The molecule has 0 saturated carbocycles. The van der Waals surface area contributed by atoms with E-state index in [0.29, 0.717) is 11.5 Å². The normalized spacial score (nSPS) is 22.1. The molecule has 2 aromatic rings. The molecule has 31 heavy (non-hydrogen) atoms. The Balaban J connectivity index is 1.77. The number of carbonyl (C=O) groups excluding carboxylic acids is 2.